The maximum Gasteiger partial charge on any atom is -0.0238 e. The Morgan fingerprint density at radius 2 is 1.50 bits per heavy atom. The van der Waals surface area contributed by atoms with Crippen molar-refractivity contribution in [3.05, 3.63) is 0 Å². The lowest BCUT2D eigenvalue weighted by Crippen LogP contribution is -2.39. The fourth-order valence-electron chi connectivity index (χ4n) is 3.54. The quantitative estimate of drug-likeness (QED) is 0.558. The van der Waals surface area contributed by atoms with E-state index in [0.29, 0.717) is 5.41 Å². The molecule has 0 aliphatic heterocycles. The third kappa shape index (κ3) is 0.791. The Balaban J connectivity index is 2.04. The third-order valence-corrected chi connectivity index (χ3v) is 5.56. The third-order valence-electron chi connectivity index (χ3n) is 5.56. The van der Waals surface area contributed by atoms with Crippen LogP contribution in [0, 0.1) is 35.0 Å². The molecule has 12 heavy (non-hydrogen) atoms. The van der Waals surface area contributed by atoms with Crippen molar-refractivity contribution in [2.24, 2.45) is 35.0 Å². The van der Waals surface area contributed by atoms with Crippen molar-refractivity contribution < 1.29 is 0 Å². The summed E-state index contributed by atoms with van der Waals surface area (Å²) in [6.07, 6.45) is 1.49. The molecule has 0 spiro atoms. The van der Waals surface area contributed by atoms with E-state index in [1.54, 1.807) is 0 Å². The molecule has 2 aliphatic rings. The summed E-state index contributed by atoms with van der Waals surface area (Å²) in [7, 11) is 0. The van der Waals surface area contributed by atoms with E-state index in [1.807, 2.05) is 0 Å². The fourth-order valence-corrected chi connectivity index (χ4v) is 3.54. The van der Waals surface area contributed by atoms with Gasteiger partial charge < -0.3 is 0 Å². The lowest BCUT2D eigenvalue weighted by atomic mass is 9.59. The minimum Gasteiger partial charge on any atom is -0.0622 e. The Labute approximate surface area is 76.7 Å². The Morgan fingerprint density at radius 3 is 1.75 bits per heavy atom. The highest BCUT2D eigenvalue weighted by atomic mass is 14.7. The van der Waals surface area contributed by atoms with Crippen molar-refractivity contribution in [3.63, 3.8) is 0 Å². The molecule has 0 saturated heterocycles. The molecule has 2 saturated carbocycles. The van der Waals surface area contributed by atoms with Crippen LogP contribution < -0.4 is 0 Å². The van der Waals surface area contributed by atoms with Crippen LogP contribution in [0.15, 0.2) is 0 Å². The molecule has 5 atom stereocenters. The van der Waals surface area contributed by atoms with Gasteiger partial charge in [0.2, 0.25) is 0 Å². The summed E-state index contributed by atoms with van der Waals surface area (Å²) in [5.41, 5.74) is 0.714. The molecule has 0 nitrogen and oxygen atoms in total. The number of hydrogen-bond acceptors (Lipinski definition) is 0. The predicted octanol–water partition coefficient (Wildman–Crippen LogP) is 3.57. The average Bonchev–Trinajstić information content (AvgIpc) is 2.52. The van der Waals surface area contributed by atoms with E-state index in [9.17, 15) is 0 Å². The first-order valence-corrected chi connectivity index (χ1v) is 5.49. The minimum atomic E-state index is 0.714. The molecular weight excluding hydrogens is 144 g/mol. The van der Waals surface area contributed by atoms with E-state index >= 15 is 0 Å². The maximum atomic E-state index is 2.51. The highest BCUT2D eigenvalue weighted by Gasteiger charge is 2.63. The highest BCUT2D eigenvalue weighted by Crippen LogP contribution is 2.69. The molecule has 0 aromatic rings. The van der Waals surface area contributed by atoms with Crippen LogP contribution in [0.1, 0.15) is 41.0 Å². The summed E-state index contributed by atoms with van der Waals surface area (Å²) in [5.74, 6) is 4.99. The molecule has 2 rings (SSSR count). The van der Waals surface area contributed by atoms with Crippen LogP contribution >= 0.6 is 0 Å². The normalized spacial score (nSPS) is 64.2. The van der Waals surface area contributed by atoms with Gasteiger partial charge in [0.1, 0.15) is 0 Å². The molecule has 70 valence electrons. The van der Waals surface area contributed by atoms with Crippen LogP contribution in [0.5, 0.6) is 0 Å². The number of rotatable bonds is 1. The summed E-state index contributed by atoms with van der Waals surface area (Å²) in [5, 5.41) is 0. The molecule has 0 aromatic heterocycles. The van der Waals surface area contributed by atoms with Gasteiger partial charge in [0, 0.05) is 0 Å². The summed E-state index contributed by atoms with van der Waals surface area (Å²) >= 11 is 0. The van der Waals surface area contributed by atoms with Gasteiger partial charge in [-0.05, 0) is 41.4 Å². The molecule has 0 heteroatoms. The van der Waals surface area contributed by atoms with Crippen molar-refractivity contribution in [2.75, 3.05) is 0 Å². The number of hydrogen-bond donors (Lipinski definition) is 0. The zero-order valence-electron chi connectivity index (χ0n) is 9.09. The zero-order chi connectivity index (χ0) is 9.09. The SMILES string of the molecule is CC1CC(C2(C)C(C)C2C)C1C. The van der Waals surface area contributed by atoms with Crippen molar-refractivity contribution in [1.29, 1.82) is 0 Å². The molecular formula is C12H22. The Kier molecular flexibility index (Phi) is 1.63. The van der Waals surface area contributed by atoms with E-state index in [4.69, 9.17) is 0 Å². The lowest BCUT2D eigenvalue weighted by molar-refractivity contribution is 0.0312. The van der Waals surface area contributed by atoms with Gasteiger partial charge >= 0.3 is 0 Å². The van der Waals surface area contributed by atoms with E-state index in [1.165, 1.54) is 6.42 Å². The Morgan fingerprint density at radius 1 is 1.00 bits per heavy atom. The standard InChI is InChI=1S/C12H22/c1-7-6-11(8(7)2)12(5)9(3)10(12)4/h7-11H,6H2,1-5H3. The van der Waals surface area contributed by atoms with E-state index in [-0.39, 0.29) is 0 Å². The van der Waals surface area contributed by atoms with Crippen LogP contribution in [0.4, 0.5) is 0 Å². The van der Waals surface area contributed by atoms with Crippen LogP contribution in [0.25, 0.3) is 0 Å². The average molecular weight is 166 g/mol. The molecule has 0 aromatic carbocycles. The van der Waals surface area contributed by atoms with Crippen LogP contribution in [0.2, 0.25) is 0 Å². The summed E-state index contributed by atoms with van der Waals surface area (Å²) in [4.78, 5) is 0. The molecule has 0 N–H and O–H groups in total. The predicted molar refractivity (Wildman–Crippen MR) is 52.9 cm³/mol. The van der Waals surface area contributed by atoms with Gasteiger partial charge in [-0.25, -0.2) is 0 Å². The van der Waals surface area contributed by atoms with Gasteiger partial charge in [0.15, 0.2) is 0 Å². The van der Waals surface area contributed by atoms with Gasteiger partial charge in [-0.1, -0.05) is 34.6 Å². The summed E-state index contributed by atoms with van der Waals surface area (Å²) < 4.78 is 0. The van der Waals surface area contributed by atoms with Gasteiger partial charge in [0.05, 0.1) is 0 Å². The van der Waals surface area contributed by atoms with Crippen LogP contribution in [-0.4, -0.2) is 0 Å². The van der Waals surface area contributed by atoms with Crippen molar-refractivity contribution in [1.82, 2.24) is 0 Å². The molecule has 0 heterocycles. The van der Waals surface area contributed by atoms with Gasteiger partial charge in [0.25, 0.3) is 0 Å². The lowest BCUT2D eigenvalue weighted by Gasteiger charge is -2.46. The first kappa shape index (κ1) is 8.59. The molecule has 5 unspecified atom stereocenters. The first-order chi connectivity index (χ1) is 5.49. The molecule has 0 bridgehead atoms. The summed E-state index contributed by atoms with van der Waals surface area (Å²) in [6, 6.07) is 0. The van der Waals surface area contributed by atoms with Crippen LogP contribution in [-0.2, 0) is 0 Å². The van der Waals surface area contributed by atoms with Crippen molar-refractivity contribution in [2.45, 2.75) is 41.0 Å². The van der Waals surface area contributed by atoms with Gasteiger partial charge in [-0.2, -0.15) is 0 Å². The van der Waals surface area contributed by atoms with Gasteiger partial charge in [-0.3, -0.25) is 0 Å². The topological polar surface area (TPSA) is 0 Å². The monoisotopic (exact) mass is 166 g/mol. The highest BCUT2D eigenvalue weighted by molar-refractivity contribution is 5.11. The molecule has 2 fully saturated rings. The van der Waals surface area contributed by atoms with Gasteiger partial charge in [-0.15, -0.1) is 0 Å². The minimum absolute atomic E-state index is 0.714. The fraction of sp³-hybridized carbons (Fsp3) is 1.00. The van der Waals surface area contributed by atoms with E-state index < -0.39 is 0 Å². The van der Waals surface area contributed by atoms with E-state index in [0.717, 1.165) is 29.6 Å². The molecule has 0 amide bonds. The van der Waals surface area contributed by atoms with E-state index in [2.05, 4.69) is 34.6 Å². The zero-order valence-corrected chi connectivity index (χ0v) is 9.09. The van der Waals surface area contributed by atoms with Crippen molar-refractivity contribution in [3.8, 4) is 0 Å². The first-order valence-electron chi connectivity index (χ1n) is 5.49. The second-order valence-electron chi connectivity index (χ2n) is 5.62. The maximum absolute atomic E-state index is 2.51. The smallest absolute Gasteiger partial charge is 0.0238 e. The second kappa shape index (κ2) is 2.27. The second-order valence-corrected chi connectivity index (χ2v) is 5.62. The largest absolute Gasteiger partial charge is 0.0622 e. The van der Waals surface area contributed by atoms with Crippen LogP contribution in [0.3, 0.4) is 0 Å². The summed E-state index contributed by atoms with van der Waals surface area (Å²) in [6.45, 7) is 12.2. The van der Waals surface area contributed by atoms with Crippen molar-refractivity contribution >= 4 is 0 Å². The molecule has 2 aliphatic carbocycles. The molecule has 0 radical (unpaired) electrons. The Hall–Kier alpha value is 0. The Bertz CT molecular complexity index is 186.